The summed E-state index contributed by atoms with van der Waals surface area (Å²) in [5, 5.41) is 8.72. The third kappa shape index (κ3) is 1.97. The summed E-state index contributed by atoms with van der Waals surface area (Å²) in [4.78, 5) is 3.89. The maximum Gasteiger partial charge on any atom is 0.191 e. The predicted molar refractivity (Wildman–Crippen MR) is 51.4 cm³/mol. The van der Waals surface area contributed by atoms with Crippen molar-refractivity contribution in [2.75, 3.05) is 0 Å². The second kappa shape index (κ2) is 3.59. The van der Waals surface area contributed by atoms with Crippen molar-refractivity contribution in [3.63, 3.8) is 0 Å². The van der Waals surface area contributed by atoms with Crippen LogP contribution in [0.3, 0.4) is 0 Å². The smallest absolute Gasteiger partial charge is 0.191 e. The molecular weight excluding hydrogens is 164 g/mol. The van der Waals surface area contributed by atoms with Crippen LogP contribution < -0.4 is 11.5 Å². The Bertz CT molecular complexity index is 383. The van der Waals surface area contributed by atoms with Gasteiger partial charge >= 0.3 is 0 Å². The summed E-state index contributed by atoms with van der Waals surface area (Å²) in [6.07, 6.45) is 0. The zero-order valence-corrected chi connectivity index (χ0v) is 7.28. The second-order valence-corrected chi connectivity index (χ2v) is 2.60. The first-order chi connectivity index (χ1) is 6.15. The molecule has 0 spiro atoms. The highest BCUT2D eigenvalue weighted by Crippen LogP contribution is 2.20. The van der Waals surface area contributed by atoms with Crippen molar-refractivity contribution in [3.8, 4) is 6.07 Å². The van der Waals surface area contributed by atoms with Crippen LogP contribution >= 0.6 is 0 Å². The lowest BCUT2D eigenvalue weighted by Crippen LogP contribution is -2.22. The molecular formula is C9H10N4. The number of guanidine groups is 1. The zero-order valence-electron chi connectivity index (χ0n) is 7.28. The Morgan fingerprint density at radius 1 is 1.46 bits per heavy atom. The van der Waals surface area contributed by atoms with Gasteiger partial charge in [-0.25, -0.2) is 4.99 Å². The van der Waals surface area contributed by atoms with Gasteiger partial charge in [-0.15, -0.1) is 0 Å². The lowest BCUT2D eigenvalue weighted by atomic mass is 10.1. The first-order valence-electron chi connectivity index (χ1n) is 3.74. The van der Waals surface area contributed by atoms with Crippen molar-refractivity contribution in [2.24, 2.45) is 16.5 Å². The minimum Gasteiger partial charge on any atom is -0.370 e. The van der Waals surface area contributed by atoms with E-state index in [0.29, 0.717) is 11.3 Å². The molecule has 0 saturated carbocycles. The summed E-state index contributed by atoms with van der Waals surface area (Å²) in [7, 11) is 0. The van der Waals surface area contributed by atoms with Crippen LogP contribution in [-0.2, 0) is 0 Å². The Morgan fingerprint density at radius 2 is 2.15 bits per heavy atom. The highest BCUT2D eigenvalue weighted by molar-refractivity contribution is 5.79. The molecule has 4 N–H and O–H groups in total. The topological polar surface area (TPSA) is 88.2 Å². The van der Waals surface area contributed by atoms with E-state index in [4.69, 9.17) is 16.7 Å². The van der Waals surface area contributed by atoms with Gasteiger partial charge in [-0.05, 0) is 24.6 Å². The average molecular weight is 174 g/mol. The number of hydrogen-bond donors (Lipinski definition) is 2. The van der Waals surface area contributed by atoms with Crippen molar-refractivity contribution in [1.29, 1.82) is 5.26 Å². The van der Waals surface area contributed by atoms with Crippen molar-refractivity contribution in [3.05, 3.63) is 29.3 Å². The molecule has 1 aromatic rings. The van der Waals surface area contributed by atoms with E-state index in [1.165, 1.54) is 0 Å². The van der Waals surface area contributed by atoms with Crippen molar-refractivity contribution in [1.82, 2.24) is 0 Å². The summed E-state index contributed by atoms with van der Waals surface area (Å²) in [6, 6.07) is 7.28. The van der Waals surface area contributed by atoms with E-state index in [2.05, 4.69) is 11.1 Å². The minimum atomic E-state index is -0.00168. The molecule has 0 aliphatic rings. The predicted octanol–water partition coefficient (Wildman–Crippen LogP) is 0.772. The molecule has 0 amide bonds. The van der Waals surface area contributed by atoms with Crippen LogP contribution in [0.25, 0.3) is 0 Å². The molecule has 4 nitrogen and oxygen atoms in total. The average Bonchev–Trinajstić information content (AvgIpc) is 2.08. The van der Waals surface area contributed by atoms with Gasteiger partial charge in [0.2, 0.25) is 0 Å². The van der Waals surface area contributed by atoms with Gasteiger partial charge in [0, 0.05) is 0 Å². The van der Waals surface area contributed by atoms with E-state index < -0.39 is 0 Å². The maximum atomic E-state index is 8.72. The van der Waals surface area contributed by atoms with E-state index in [1.807, 2.05) is 0 Å². The Kier molecular flexibility index (Phi) is 2.50. The molecule has 13 heavy (non-hydrogen) atoms. The lowest BCUT2D eigenvalue weighted by molar-refractivity contribution is 1.33. The van der Waals surface area contributed by atoms with E-state index in [0.717, 1.165) is 5.56 Å². The number of nitriles is 1. The Balaban J connectivity index is 3.26. The fraction of sp³-hybridized carbons (Fsp3) is 0.111. The number of nitrogens with zero attached hydrogens (tertiary/aromatic N) is 2. The number of rotatable bonds is 1. The van der Waals surface area contributed by atoms with Crippen molar-refractivity contribution >= 4 is 11.6 Å². The molecule has 1 rings (SSSR count). The third-order valence-corrected chi connectivity index (χ3v) is 1.68. The van der Waals surface area contributed by atoms with Gasteiger partial charge in [0.1, 0.15) is 0 Å². The monoisotopic (exact) mass is 174 g/mol. The molecule has 4 heteroatoms. The maximum absolute atomic E-state index is 8.72. The van der Waals surface area contributed by atoms with Crippen LogP contribution in [0.2, 0.25) is 0 Å². The highest BCUT2D eigenvalue weighted by atomic mass is 15.0. The number of hydrogen-bond acceptors (Lipinski definition) is 2. The third-order valence-electron chi connectivity index (χ3n) is 1.68. The summed E-state index contributed by atoms with van der Waals surface area (Å²) in [6.45, 7) is 1.81. The Hall–Kier alpha value is -2.02. The summed E-state index contributed by atoms with van der Waals surface area (Å²) < 4.78 is 0. The molecule has 0 unspecified atom stereocenters. The first kappa shape index (κ1) is 9.07. The molecule has 0 aliphatic carbocycles. The van der Waals surface area contributed by atoms with E-state index in [-0.39, 0.29) is 5.96 Å². The fourth-order valence-corrected chi connectivity index (χ4v) is 1.00. The molecule has 0 heterocycles. The van der Waals surface area contributed by atoms with Gasteiger partial charge in [0.05, 0.1) is 17.3 Å². The van der Waals surface area contributed by atoms with E-state index in [9.17, 15) is 0 Å². The minimum absolute atomic E-state index is 0.00168. The molecule has 0 saturated heterocycles. The SMILES string of the molecule is Cc1c(C#N)cccc1N=C(N)N. The molecule has 1 aromatic carbocycles. The highest BCUT2D eigenvalue weighted by Gasteiger charge is 2.01. The Morgan fingerprint density at radius 3 is 2.69 bits per heavy atom. The van der Waals surface area contributed by atoms with Gasteiger partial charge in [0.25, 0.3) is 0 Å². The number of nitrogens with two attached hydrogens (primary N) is 2. The van der Waals surface area contributed by atoms with Crippen molar-refractivity contribution < 1.29 is 0 Å². The standard InChI is InChI=1S/C9H10N4/c1-6-7(5-10)3-2-4-8(6)13-9(11)12/h2-4H,1H3,(H4,11,12,13). The van der Waals surface area contributed by atoms with E-state index in [1.54, 1.807) is 25.1 Å². The summed E-state index contributed by atoms with van der Waals surface area (Å²) in [5.74, 6) is -0.00168. The number of benzene rings is 1. The summed E-state index contributed by atoms with van der Waals surface area (Å²) in [5.41, 5.74) is 12.5. The lowest BCUT2D eigenvalue weighted by Gasteiger charge is -2.01. The van der Waals surface area contributed by atoms with Crippen LogP contribution in [-0.4, -0.2) is 5.96 Å². The van der Waals surface area contributed by atoms with Crippen LogP contribution in [0, 0.1) is 18.3 Å². The van der Waals surface area contributed by atoms with Gasteiger partial charge in [0.15, 0.2) is 5.96 Å². The van der Waals surface area contributed by atoms with Crippen LogP contribution in [0.5, 0.6) is 0 Å². The van der Waals surface area contributed by atoms with Crippen molar-refractivity contribution in [2.45, 2.75) is 6.92 Å². The summed E-state index contributed by atoms with van der Waals surface area (Å²) >= 11 is 0. The first-order valence-corrected chi connectivity index (χ1v) is 3.74. The van der Waals surface area contributed by atoms with Crippen LogP contribution in [0.15, 0.2) is 23.2 Å². The fourth-order valence-electron chi connectivity index (χ4n) is 1.00. The second-order valence-electron chi connectivity index (χ2n) is 2.60. The molecule has 0 fully saturated rings. The van der Waals surface area contributed by atoms with Crippen LogP contribution in [0.1, 0.15) is 11.1 Å². The number of aliphatic imine (C=N–C) groups is 1. The molecule has 0 atom stereocenters. The molecule has 66 valence electrons. The normalized spacial score (nSPS) is 8.92. The van der Waals surface area contributed by atoms with Gasteiger partial charge < -0.3 is 11.5 Å². The van der Waals surface area contributed by atoms with Gasteiger partial charge in [-0.3, -0.25) is 0 Å². The molecule has 0 bridgehead atoms. The quantitative estimate of drug-likeness (QED) is 0.487. The zero-order chi connectivity index (χ0) is 9.84. The molecule has 0 aliphatic heterocycles. The van der Waals surface area contributed by atoms with E-state index >= 15 is 0 Å². The van der Waals surface area contributed by atoms with Gasteiger partial charge in [-0.1, -0.05) is 6.07 Å². The van der Waals surface area contributed by atoms with Crippen LogP contribution in [0.4, 0.5) is 5.69 Å². The molecule has 0 radical (unpaired) electrons. The largest absolute Gasteiger partial charge is 0.370 e. The Labute approximate surface area is 76.5 Å². The van der Waals surface area contributed by atoms with Gasteiger partial charge in [-0.2, -0.15) is 5.26 Å². The molecule has 0 aromatic heterocycles.